The van der Waals surface area contributed by atoms with Crippen molar-refractivity contribution in [2.24, 2.45) is 0 Å². The van der Waals surface area contributed by atoms with Crippen LogP contribution >= 0.6 is 0 Å². The fourth-order valence-electron chi connectivity index (χ4n) is 1.33. The molecule has 0 aliphatic rings. The standard InChI is InChI=1S/C11H13NO/c1-4-5-13-11-8(2)6-10(12)7-9(11)3/h1,6-7H,5,12H2,2-3H3. The molecular weight excluding hydrogens is 162 g/mol. The second kappa shape index (κ2) is 3.86. The van der Waals surface area contributed by atoms with Gasteiger partial charge in [0.1, 0.15) is 12.4 Å². The van der Waals surface area contributed by atoms with Gasteiger partial charge in [0.05, 0.1) is 0 Å². The summed E-state index contributed by atoms with van der Waals surface area (Å²) in [5.74, 6) is 3.27. The zero-order valence-corrected chi connectivity index (χ0v) is 7.92. The fraction of sp³-hybridized carbons (Fsp3) is 0.273. The summed E-state index contributed by atoms with van der Waals surface area (Å²) in [7, 11) is 0. The van der Waals surface area contributed by atoms with Gasteiger partial charge in [0, 0.05) is 5.69 Å². The molecular formula is C11H13NO. The highest BCUT2D eigenvalue weighted by Crippen LogP contribution is 2.25. The molecule has 0 aliphatic carbocycles. The molecule has 0 saturated heterocycles. The molecule has 13 heavy (non-hydrogen) atoms. The third kappa shape index (κ3) is 2.16. The first kappa shape index (κ1) is 9.47. The van der Waals surface area contributed by atoms with Gasteiger partial charge in [0.15, 0.2) is 0 Å². The van der Waals surface area contributed by atoms with Crippen LogP contribution in [0.25, 0.3) is 0 Å². The maximum atomic E-state index is 5.66. The number of hydrogen-bond donors (Lipinski definition) is 1. The summed E-state index contributed by atoms with van der Waals surface area (Å²) in [6, 6.07) is 3.75. The molecule has 0 unspecified atom stereocenters. The number of ether oxygens (including phenoxy) is 1. The first-order chi connectivity index (χ1) is 6.15. The Labute approximate surface area is 78.7 Å². The van der Waals surface area contributed by atoms with Gasteiger partial charge in [0.2, 0.25) is 0 Å². The van der Waals surface area contributed by atoms with Gasteiger partial charge in [0.25, 0.3) is 0 Å². The number of benzene rings is 1. The Morgan fingerprint density at radius 2 is 1.92 bits per heavy atom. The van der Waals surface area contributed by atoms with Crippen molar-refractivity contribution in [3.63, 3.8) is 0 Å². The lowest BCUT2D eigenvalue weighted by Gasteiger charge is -2.10. The van der Waals surface area contributed by atoms with Crippen LogP contribution in [0.4, 0.5) is 5.69 Å². The highest BCUT2D eigenvalue weighted by Gasteiger charge is 2.03. The van der Waals surface area contributed by atoms with E-state index < -0.39 is 0 Å². The number of hydrogen-bond acceptors (Lipinski definition) is 2. The second-order valence-corrected chi connectivity index (χ2v) is 2.98. The Balaban J connectivity index is 3.00. The molecule has 0 heterocycles. The molecule has 2 heteroatoms. The van der Waals surface area contributed by atoms with Gasteiger partial charge in [-0.15, -0.1) is 6.42 Å². The van der Waals surface area contributed by atoms with Crippen molar-refractivity contribution in [3.05, 3.63) is 23.3 Å². The number of nitrogens with two attached hydrogens (primary N) is 1. The van der Waals surface area contributed by atoms with Crippen LogP contribution in [0, 0.1) is 26.2 Å². The molecule has 0 saturated carbocycles. The lowest BCUT2D eigenvalue weighted by atomic mass is 10.1. The molecule has 0 atom stereocenters. The van der Waals surface area contributed by atoms with Crippen molar-refractivity contribution in [1.29, 1.82) is 0 Å². The summed E-state index contributed by atoms with van der Waals surface area (Å²) in [4.78, 5) is 0. The topological polar surface area (TPSA) is 35.2 Å². The lowest BCUT2D eigenvalue weighted by molar-refractivity contribution is 0.365. The first-order valence-corrected chi connectivity index (χ1v) is 4.08. The summed E-state index contributed by atoms with van der Waals surface area (Å²) in [6.07, 6.45) is 5.11. The van der Waals surface area contributed by atoms with Crippen molar-refractivity contribution >= 4 is 5.69 Å². The molecule has 0 bridgehead atoms. The van der Waals surface area contributed by atoms with Crippen LogP contribution in [-0.2, 0) is 0 Å². The molecule has 68 valence electrons. The van der Waals surface area contributed by atoms with E-state index >= 15 is 0 Å². The maximum absolute atomic E-state index is 5.66. The first-order valence-electron chi connectivity index (χ1n) is 4.08. The lowest BCUT2D eigenvalue weighted by Crippen LogP contribution is -1.99. The van der Waals surface area contributed by atoms with E-state index in [9.17, 15) is 0 Å². The number of nitrogen functional groups attached to an aromatic ring is 1. The highest BCUT2D eigenvalue weighted by atomic mass is 16.5. The molecule has 1 rings (SSSR count). The molecule has 0 aliphatic heterocycles. The number of rotatable bonds is 2. The fourth-order valence-corrected chi connectivity index (χ4v) is 1.33. The van der Waals surface area contributed by atoms with Gasteiger partial charge in [-0.25, -0.2) is 0 Å². The molecule has 1 aromatic rings. The van der Waals surface area contributed by atoms with Crippen molar-refractivity contribution in [2.45, 2.75) is 13.8 Å². The van der Waals surface area contributed by atoms with E-state index in [4.69, 9.17) is 16.9 Å². The van der Waals surface area contributed by atoms with Gasteiger partial charge >= 0.3 is 0 Å². The summed E-state index contributed by atoms with van der Waals surface area (Å²) in [6.45, 7) is 4.20. The van der Waals surface area contributed by atoms with E-state index in [2.05, 4.69) is 5.92 Å². The Hall–Kier alpha value is -1.62. The Bertz CT molecular complexity index is 327. The molecule has 0 amide bonds. The van der Waals surface area contributed by atoms with Crippen LogP contribution in [-0.4, -0.2) is 6.61 Å². The quantitative estimate of drug-likeness (QED) is 0.550. The van der Waals surface area contributed by atoms with E-state index in [1.807, 2.05) is 26.0 Å². The minimum Gasteiger partial charge on any atom is -0.480 e. The summed E-state index contributed by atoms with van der Waals surface area (Å²) in [5, 5.41) is 0. The molecule has 1 aromatic carbocycles. The third-order valence-electron chi connectivity index (χ3n) is 1.78. The monoisotopic (exact) mass is 175 g/mol. The largest absolute Gasteiger partial charge is 0.480 e. The van der Waals surface area contributed by atoms with Crippen LogP contribution in [0.1, 0.15) is 11.1 Å². The number of anilines is 1. The van der Waals surface area contributed by atoms with E-state index in [1.165, 1.54) is 0 Å². The van der Waals surface area contributed by atoms with E-state index in [1.54, 1.807) is 0 Å². The van der Waals surface area contributed by atoms with Crippen LogP contribution in [0.3, 0.4) is 0 Å². The van der Waals surface area contributed by atoms with Gasteiger partial charge in [-0.3, -0.25) is 0 Å². The minimum atomic E-state index is 0.297. The average Bonchev–Trinajstić information content (AvgIpc) is 2.02. The van der Waals surface area contributed by atoms with Crippen LogP contribution in [0.5, 0.6) is 5.75 Å². The highest BCUT2D eigenvalue weighted by molar-refractivity contribution is 5.52. The molecule has 2 N–H and O–H groups in total. The molecule has 0 fully saturated rings. The van der Waals surface area contributed by atoms with Gasteiger partial charge in [-0.1, -0.05) is 5.92 Å². The number of aryl methyl sites for hydroxylation is 2. The van der Waals surface area contributed by atoms with Crippen molar-refractivity contribution in [3.8, 4) is 18.1 Å². The van der Waals surface area contributed by atoms with E-state index in [-0.39, 0.29) is 0 Å². The zero-order chi connectivity index (χ0) is 9.84. The molecule has 2 nitrogen and oxygen atoms in total. The Morgan fingerprint density at radius 1 is 1.38 bits per heavy atom. The second-order valence-electron chi connectivity index (χ2n) is 2.98. The normalized spacial score (nSPS) is 9.31. The van der Waals surface area contributed by atoms with Gasteiger partial charge in [-0.05, 0) is 37.1 Å². The summed E-state index contributed by atoms with van der Waals surface area (Å²) in [5.41, 5.74) is 8.46. The molecule has 0 aromatic heterocycles. The third-order valence-corrected chi connectivity index (χ3v) is 1.78. The van der Waals surface area contributed by atoms with Crippen molar-refractivity contribution in [2.75, 3.05) is 12.3 Å². The van der Waals surface area contributed by atoms with Crippen LogP contribution in [0.2, 0.25) is 0 Å². The maximum Gasteiger partial charge on any atom is 0.148 e. The minimum absolute atomic E-state index is 0.297. The summed E-state index contributed by atoms with van der Waals surface area (Å²) < 4.78 is 5.38. The van der Waals surface area contributed by atoms with Gasteiger partial charge < -0.3 is 10.5 Å². The summed E-state index contributed by atoms with van der Waals surface area (Å²) >= 11 is 0. The van der Waals surface area contributed by atoms with Crippen LogP contribution in [0.15, 0.2) is 12.1 Å². The smallest absolute Gasteiger partial charge is 0.148 e. The predicted molar refractivity (Wildman–Crippen MR) is 54.7 cm³/mol. The van der Waals surface area contributed by atoms with Crippen molar-refractivity contribution in [1.82, 2.24) is 0 Å². The molecule has 0 radical (unpaired) electrons. The predicted octanol–water partition coefficient (Wildman–Crippen LogP) is 1.90. The molecule has 0 spiro atoms. The van der Waals surface area contributed by atoms with Crippen LogP contribution < -0.4 is 10.5 Å². The average molecular weight is 175 g/mol. The van der Waals surface area contributed by atoms with Gasteiger partial charge in [-0.2, -0.15) is 0 Å². The zero-order valence-electron chi connectivity index (χ0n) is 7.92. The Kier molecular flexibility index (Phi) is 2.81. The van der Waals surface area contributed by atoms with E-state index in [0.717, 1.165) is 22.6 Å². The van der Waals surface area contributed by atoms with E-state index in [0.29, 0.717) is 6.61 Å². The Morgan fingerprint density at radius 3 is 2.38 bits per heavy atom. The number of terminal acetylenes is 1. The van der Waals surface area contributed by atoms with Crippen molar-refractivity contribution < 1.29 is 4.74 Å². The SMILES string of the molecule is C#CCOc1c(C)cc(N)cc1C.